The summed E-state index contributed by atoms with van der Waals surface area (Å²) >= 11 is 0. The molecule has 31 heavy (non-hydrogen) atoms. The average Bonchev–Trinajstić information content (AvgIpc) is 3.11. The molecule has 0 bridgehead atoms. The summed E-state index contributed by atoms with van der Waals surface area (Å²) in [4.78, 5) is 7.86. The van der Waals surface area contributed by atoms with Crippen LogP contribution in [-0.2, 0) is 6.42 Å². The Labute approximate surface area is 189 Å². The van der Waals surface area contributed by atoms with E-state index in [2.05, 4.69) is 46.8 Å². The van der Waals surface area contributed by atoms with Crippen LogP contribution in [0.4, 0.5) is 0 Å². The molecule has 0 radical (unpaired) electrons. The summed E-state index contributed by atoms with van der Waals surface area (Å²) in [6, 6.07) is 7.42. The van der Waals surface area contributed by atoms with Crippen molar-refractivity contribution in [2.75, 3.05) is 32.7 Å². The average molecular weight is 425 g/mol. The molecule has 2 aromatic rings. The van der Waals surface area contributed by atoms with E-state index in [0.29, 0.717) is 6.04 Å². The van der Waals surface area contributed by atoms with Crippen LogP contribution >= 0.6 is 0 Å². The summed E-state index contributed by atoms with van der Waals surface area (Å²) in [7, 11) is 0. The maximum atomic E-state index is 5.09. The minimum atomic E-state index is 0.600. The largest absolute Gasteiger partial charge is 0.325 e. The highest BCUT2D eigenvalue weighted by Crippen LogP contribution is 2.31. The number of nitrogens with one attached hydrogen (secondary N) is 1. The number of aromatic nitrogens is 2. The predicted octanol–water partition coefficient (Wildman–Crippen LogP) is 5.88. The maximum Gasteiger partial charge on any atom is 0.111 e. The molecule has 2 fully saturated rings. The lowest BCUT2D eigenvalue weighted by atomic mass is 9.90. The molecular formula is C27H44N4. The predicted molar refractivity (Wildman–Crippen MR) is 132 cm³/mol. The van der Waals surface area contributed by atoms with Crippen molar-refractivity contribution in [1.82, 2.24) is 19.8 Å². The molecule has 0 amide bonds. The number of hydrogen-bond donors (Lipinski definition) is 1. The lowest BCUT2D eigenvalue weighted by molar-refractivity contribution is 0.152. The lowest BCUT2D eigenvalue weighted by Gasteiger charge is -2.36. The Morgan fingerprint density at radius 3 is 2.45 bits per heavy atom. The Morgan fingerprint density at radius 1 is 0.968 bits per heavy atom. The van der Waals surface area contributed by atoms with Crippen molar-refractivity contribution >= 4 is 11.0 Å². The van der Waals surface area contributed by atoms with Gasteiger partial charge in [-0.15, -0.1) is 0 Å². The van der Waals surface area contributed by atoms with Crippen LogP contribution in [0.5, 0.6) is 0 Å². The molecule has 1 aromatic carbocycles. The van der Waals surface area contributed by atoms with E-state index in [4.69, 9.17) is 4.98 Å². The number of fused-ring (bicyclic) bond motifs is 1. The van der Waals surface area contributed by atoms with Gasteiger partial charge in [-0.3, -0.25) is 0 Å². The molecule has 2 heterocycles. The third-order valence-electron chi connectivity index (χ3n) is 7.53. The molecule has 2 aliphatic rings. The first-order valence-electron chi connectivity index (χ1n) is 13.1. The highest BCUT2D eigenvalue weighted by molar-refractivity contribution is 5.77. The monoisotopic (exact) mass is 424 g/mol. The van der Waals surface area contributed by atoms with E-state index in [1.807, 2.05) is 0 Å². The molecule has 1 N–H and O–H groups in total. The topological polar surface area (TPSA) is 33.1 Å². The second-order valence-corrected chi connectivity index (χ2v) is 10.1. The number of aryl methyl sites for hydroxylation is 1. The number of hydrogen-bond acceptors (Lipinski definition) is 3. The maximum absolute atomic E-state index is 5.09. The summed E-state index contributed by atoms with van der Waals surface area (Å²) < 4.78 is 2.61. The van der Waals surface area contributed by atoms with E-state index in [1.54, 1.807) is 0 Å². The quantitative estimate of drug-likeness (QED) is 0.537. The van der Waals surface area contributed by atoms with Crippen LogP contribution in [0.15, 0.2) is 18.2 Å². The summed E-state index contributed by atoms with van der Waals surface area (Å²) in [5.74, 6) is 2.22. The zero-order valence-electron chi connectivity index (χ0n) is 20.0. The molecule has 0 spiro atoms. The Hall–Kier alpha value is -1.39. The smallest absolute Gasteiger partial charge is 0.111 e. The van der Waals surface area contributed by atoms with Crippen molar-refractivity contribution in [2.24, 2.45) is 5.92 Å². The Balaban J connectivity index is 1.41. The number of piperidine rings is 1. The number of benzene rings is 1. The van der Waals surface area contributed by atoms with Crippen LogP contribution in [-0.4, -0.2) is 47.2 Å². The van der Waals surface area contributed by atoms with Crippen molar-refractivity contribution in [1.29, 1.82) is 0 Å². The SMILES string of the molecule is CCCNCCc1nc2cc(C)ccc2n1C1CCN(CC2CCCCCCC2)CC1. The molecule has 1 aromatic heterocycles. The van der Waals surface area contributed by atoms with Crippen molar-refractivity contribution in [3.8, 4) is 0 Å². The van der Waals surface area contributed by atoms with Crippen LogP contribution in [0.25, 0.3) is 11.0 Å². The third kappa shape index (κ3) is 6.10. The van der Waals surface area contributed by atoms with E-state index < -0.39 is 0 Å². The van der Waals surface area contributed by atoms with Gasteiger partial charge in [-0.05, 0) is 69.2 Å². The minimum Gasteiger partial charge on any atom is -0.325 e. The Kier molecular flexibility index (Phi) is 8.43. The van der Waals surface area contributed by atoms with Crippen molar-refractivity contribution < 1.29 is 0 Å². The fraction of sp³-hybridized carbons (Fsp3) is 0.741. The summed E-state index contributed by atoms with van der Waals surface area (Å²) in [5, 5.41) is 3.57. The molecule has 1 saturated heterocycles. The van der Waals surface area contributed by atoms with Gasteiger partial charge < -0.3 is 14.8 Å². The van der Waals surface area contributed by atoms with Crippen LogP contribution in [0.2, 0.25) is 0 Å². The van der Waals surface area contributed by atoms with Gasteiger partial charge in [-0.1, -0.05) is 45.1 Å². The van der Waals surface area contributed by atoms with Crippen LogP contribution in [0, 0.1) is 12.8 Å². The van der Waals surface area contributed by atoms with Gasteiger partial charge in [0.25, 0.3) is 0 Å². The first-order chi connectivity index (χ1) is 15.2. The van der Waals surface area contributed by atoms with E-state index in [9.17, 15) is 0 Å². The number of nitrogens with zero attached hydrogens (tertiary/aromatic N) is 3. The fourth-order valence-electron chi connectivity index (χ4n) is 5.79. The zero-order chi connectivity index (χ0) is 21.5. The van der Waals surface area contributed by atoms with E-state index in [1.165, 1.54) is 106 Å². The fourth-order valence-corrected chi connectivity index (χ4v) is 5.79. The van der Waals surface area contributed by atoms with Crippen LogP contribution in [0.3, 0.4) is 0 Å². The molecule has 1 aliphatic heterocycles. The van der Waals surface area contributed by atoms with Crippen molar-refractivity contribution in [3.05, 3.63) is 29.6 Å². The molecule has 0 atom stereocenters. The summed E-state index contributed by atoms with van der Waals surface area (Å²) in [6.07, 6.45) is 15.0. The number of imidazole rings is 1. The van der Waals surface area contributed by atoms with Gasteiger partial charge >= 0.3 is 0 Å². The molecular weight excluding hydrogens is 380 g/mol. The summed E-state index contributed by atoms with van der Waals surface area (Å²) in [6.45, 7) is 10.4. The normalized spacial score (nSPS) is 20.2. The Bertz CT molecular complexity index is 795. The minimum absolute atomic E-state index is 0.600. The molecule has 4 rings (SSSR count). The highest BCUT2D eigenvalue weighted by atomic mass is 15.2. The molecule has 1 aliphatic carbocycles. The van der Waals surface area contributed by atoms with E-state index in [-0.39, 0.29) is 0 Å². The van der Waals surface area contributed by atoms with Crippen molar-refractivity contribution in [3.63, 3.8) is 0 Å². The van der Waals surface area contributed by atoms with Crippen LogP contribution < -0.4 is 5.32 Å². The van der Waals surface area contributed by atoms with Crippen LogP contribution in [0.1, 0.15) is 88.6 Å². The molecule has 172 valence electrons. The van der Waals surface area contributed by atoms with Crippen molar-refractivity contribution in [2.45, 2.75) is 90.5 Å². The zero-order valence-corrected chi connectivity index (χ0v) is 20.0. The van der Waals surface area contributed by atoms with E-state index >= 15 is 0 Å². The lowest BCUT2D eigenvalue weighted by Crippen LogP contribution is -2.38. The number of rotatable bonds is 8. The molecule has 4 nitrogen and oxygen atoms in total. The molecule has 0 unspecified atom stereocenters. The first-order valence-corrected chi connectivity index (χ1v) is 13.1. The third-order valence-corrected chi connectivity index (χ3v) is 7.53. The van der Waals surface area contributed by atoms with Gasteiger partial charge in [0.15, 0.2) is 0 Å². The number of likely N-dealkylation sites (tertiary alicyclic amines) is 1. The highest BCUT2D eigenvalue weighted by Gasteiger charge is 2.26. The summed E-state index contributed by atoms with van der Waals surface area (Å²) in [5.41, 5.74) is 3.83. The van der Waals surface area contributed by atoms with Gasteiger partial charge in [0.1, 0.15) is 5.82 Å². The first kappa shape index (κ1) is 22.8. The standard InChI is InChI=1S/C27H44N4/c1-3-16-28-17-13-27-29-25-20-22(2)11-12-26(25)31(27)24-14-18-30(19-15-24)21-23-9-7-5-4-6-8-10-23/h11-12,20,23-24,28H,3-10,13-19,21H2,1-2H3. The molecule has 4 heteroatoms. The molecule has 1 saturated carbocycles. The van der Waals surface area contributed by atoms with Gasteiger partial charge in [-0.25, -0.2) is 4.98 Å². The second kappa shape index (κ2) is 11.5. The second-order valence-electron chi connectivity index (χ2n) is 10.1. The van der Waals surface area contributed by atoms with Gasteiger partial charge in [0.05, 0.1) is 11.0 Å². The van der Waals surface area contributed by atoms with Gasteiger partial charge in [-0.2, -0.15) is 0 Å². The Morgan fingerprint density at radius 2 is 1.71 bits per heavy atom. The van der Waals surface area contributed by atoms with E-state index in [0.717, 1.165) is 25.4 Å². The van der Waals surface area contributed by atoms with Gasteiger partial charge in [0, 0.05) is 38.6 Å². The van der Waals surface area contributed by atoms with Gasteiger partial charge in [0.2, 0.25) is 0 Å².